The summed E-state index contributed by atoms with van der Waals surface area (Å²) in [5.74, 6) is 0. The molecule has 0 spiro atoms. The lowest BCUT2D eigenvalue weighted by molar-refractivity contribution is 0.183. The number of benzene rings is 2. The quantitative estimate of drug-likeness (QED) is 0.871. The monoisotopic (exact) mass is 347 g/mol. The summed E-state index contributed by atoms with van der Waals surface area (Å²) >= 11 is 0. The first-order valence-corrected chi connectivity index (χ1v) is 9.91. The van der Waals surface area contributed by atoms with Gasteiger partial charge in [0, 0.05) is 25.0 Å². The van der Waals surface area contributed by atoms with Crippen LogP contribution in [0.1, 0.15) is 29.7 Å². The van der Waals surface area contributed by atoms with Gasteiger partial charge in [-0.15, -0.1) is 0 Å². The molecule has 0 fully saturated rings. The minimum Gasteiger partial charge on any atom is -0.387 e. The minimum atomic E-state index is -3.22. The van der Waals surface area contributed by atoms with Crippen molar-refractivity contribution in [2.75, 3.05) is 24.2 Å². The van der Waals surface area contributed by atoms with E-state index in [9.17, 15) is 13.5 Å². The molecule has 0 saturated heterocycles. The molecule has 2 aromatic carbocycles. The average molecular weight is 347 g/mol. The summed E-state index contributed by atoms with van der Waals surface area (Å²) in [6, 6.07) is 12.7. The van der Waals surface area contributed by atoms with Crippen molar-refractivity contribution >= 4 is 15.5 Å². The molecule has 0 aliphatic carbocycles. The van der Waals surface area contributed by atoms with E-state index in [1.54, 1.807) is 24.3 Å². The van der Waals surface area contributed by atoms with Crippen molar-refractivity contribution in [1.29, 1.82) is 0 Å². The summed E-state index contributed by atoms with van der Waals surface area (Å²) in [5.41, 5.74) is 4.21. The third kappa shape index (κ3) is 4.36. The summed E-state index contributed by atoms with van der Waals surface area (Å²) in [7, 11) is -3.22. The Labute approximate surface area is 144 Å². The Balaban J connectivity index is 2.18. The summed E-state index contributed by atoms with van der Waals surface area (Å²) in [6.07, 6.45) is 0.497. The van der Waals surface area contributed by atoms with E-state index in [0.717, 1.165) is 12.2 Å². The van der Waals surface area contributed by atoms with Crippen LogP contribution < -0.4 is 4.90 Å². The van der Waals surface area contributed by atoms with Crippen molar-refractivity contribution in [2.24, 2.45) is 0 Å². The molecule has 0 aromatic heterocycles. The number of rotatable bonds is 6. The molecule has 0 aliphatic heterocycles. The summed E-state index contributed by atoms with van der Waals surface area (Å²) in [4.78, 5) is 2.39. The number of aryl methyl sites for hydroxylation is 2. The standard InChI is InChI=1S/C19H25NO3S/c1-5-20(18-11-6-14(2)12-15(18)3)13-19(21)16-7-9-17(10-8-16)24(4,22)23/h6-12,19,21H,5,13H2,1-4H3. The smallest absolute Gasteiger partial charge is 0.175 e. The van der Waals surface area contributed by atoms with E-state index in [1.807, 2.05) is 0 Å². The third-order valence-corrected chi connectivity index (χ3v) is 5.29. The van der Waals surface area contributed by atoms with Crippen molar-refractivity contribution in [1.82, 2.24) is 0 Å². The summed E-state index contributed by atoms with van der Waals surface area (Å²) in [6.45, 7) is 7.42. The van der Waals surface area contributed by atoms with Gasteiger partial charge in [-0.1, -0.05) is 29.8 Å². The zero-order chi connectivity index (χ0) is 17.9. The number of aliphatic hydroxyl groups is 1. The lowest BCUT2D eigenvalue weighted by Gasteiger charge is -2.28. The highest BCUT2D eigenvalue weighted by atomic mass is 32.2. The highest BCUT2D eigenvalue weighted by Crippen LogP contribution is 2.24. The predicted octanol–water partition coefficient (Wildman–Crippen LogP) is 3.27. The van der Waals surface area contributed by atoms with Gasteiger partial charge in [0.15, 0.2) is 9.84 Å². The van der Waals surface area contributed by atoms with E-state index < -0.39 is 15.9 Å². The Morgan fingerprint density at radius 1 is 1.08 bits per heavy atom. The van der Waals surface area contributed by atoms with Crippen LogP contribution in [0.15, 0.2) is 47.4 Å². The lowest BCUT2D eigenvalue weighted by Crippen LogP contribution is -2.29. The minimum absolute atomic E-state index is 0.264. The normalized spacial score (nSPS) is 12.9. The number of aliphatic hydroxyl groups excluding tert-OH is 1. The summed E-state index contributed by atoms with van der Waals surface area (Å²) < 4.78 is 23.0. The lowest BCUT2D eigenvalue weighted by atomic mass is 10.1. The van der Waals surface area contributed by atoms with Gasteiger partial charge >= 0.3 is 0 Å². The first-order valence-electron chi connectivity index (χ1n) is 8.02. The molecule has 2 aromatic rings. The number of sulfone groups is 1. The second-order valence-electron chi connectivity index (χ2n) is 6.19. The fraction of sp³-hybridized carbons (Fsp3) is 0.368. The Kier molecular flexibility index (Phi) is 5.67. The first kappa shape index (κ1) is 18.5. The van der Waals surface area contributed by atoms with Gasteiger partial charge in [0.2, 0.25) is 0 Å². The van der Waals surface area contributed by atoms with Crippen LogP contribution in [0.4, 0.5) is 5.69 Å². The molecule has 130 valence electrons. The maximum Gasteiger partial charge on any atom is 0.175 e. The van der Waals surface area contributed by atoms with Gasteiger partial charge in [-0.3, -0.25) is 0 Å². The summed E-state index contributed by atoms with van der Waals surface area (Å²) in [5, 5.41) is 10.5. The van der Waals surface area contributed by atoms with Gasteiger partial charge in [-0.2, -0.15) is 0 Å². The van der Waals surface area contributed by atoms with Gasteiger partial charge in [-0.25, -0.2) is 8.42 Å². The molecular formula is C19H25NO3S. The number of likely N-dealkylation sites (N-methyl/N-ethyl adjacent to an activating group) is 1. The van der Waals surface area contributed by atoms with Crippen molar-refractivity contribution < 1.29 is 13.5 Å². The molecule has 1 atom stereocenters. The predicted molar refractivity (Wildman–Crippen MR) is 98.3 cm³/mol. The largest absolute Gasteiger partial charge is 0.387 e. The van der Waals surface area contributed by atoms with Gasteiger partial charge in [0.1, 0.15) is 0 Å². The second-order valence-corrected chi connectivity index (χ2v) is 8.20. The van der Waals surface area contributed by atoms with Crippen molar-refractivity contribution in [3.05, 3.63) is 59.2 Å². The van der Waals surface area contributed by atoms with Crippen LogP contribution in [-0.2, 0) is 9.84 Å². The van der Waals surface area contributed by atoms with E-state index >= 15 is 0 Å². The van der Waals surface area contributed by atoms with E-state index in [-0.39, 0.29) is 4.90 Å². The average Bonchev–Trinajstić information content (AvgIpc) is 2.52. The molecule has 0 bridgehead atoms. The number of anilines is 1. The molecule has 1 unspecified atom stereocenters. The first-order chi connectivity index (χ1) is 11.2. The molecule has 0 aliphatic rings. The van der Waals surface area contributed by atoms with Crippen LogP contribution in [0.3, 0.4) is 0 Å². The van der Waals surface area contributed by atoms with Gasteiger partial charge in [0.05, 0.1) is 11.0 Å². The Hall–Kier alpha value is -1.85. The Morgan fingerprint density at radius 2 is 1.71 bits per heavy atom. The zero-order valence-electron chi connectivity index (χ0n) is 14.7. The fourth-order valence-electron chi connectivity index (χ4n) is 2.81. The van der Waals surface area contributed by atoms with Crippen molar-refractivity contribution in [3.63, 3.8) is 0 Å². The number of nitrogens with zero attached hydrogens (tertiary/aromatic N) is 1. The van der Waals surface area contributed by atoms with Crippen molar-refractivity contribution in [3.8, 4) is 0 Å². The van der Waals surface area contributed by atoms with Crippen LogP contribution in [0.2, 0.25) is 0 Å². The van der Waals surface area contributed by atoms with Crippen LogP contribution >= 0.6 is 0 Å². The zero-order valence-corrected chi connectivity index (χ0v) is 15.5. The van der Waals surface area contributed by atoms with Crippen LogP contribution in [0, 0.1) is 13.8 Å². The number of hydrogen-bond donors (Lipinski definition) is 1. The highest BCUT2D eigenvalue weighted by Gasteiger charge is 2.15. The molecule has 0 saturated carbocycles. The molecule has 2 rings (SSSR count). The molecular weight excluding hydrogens is 322 g/mol. The van der Waals surface area contributed by atoms with Crippen LogP contribution in [-0.4, -0.2) is 32.9 Å². The van der Waals surface area contributed by atoms with Crippen LogP contribution in [0.25, 0.3) is 0 Å². The molecule has 24 heavy (non-hydrogen) atoms. The molecule has 0 heterocycles. The van der Waals surface area contributed by atoms with E-state index in [4.69, 9.17) is 0 Å². The number of hydrogen-bond acceptors (Lipinski definition) is 4. The Morgan fingerprint density at radius 3 is 2.21 bits per heavy atom. The molecule has 0 amide bonds. The molecule has 1 N–H and O–H groups in total. The van der Waals surface area contributed by atoms with Crippen molar-refractivity contribution in [2.45, 2.75) is 31.8 Å². The van der Waals surface area contributed by atoms with Crippen LogP contribution in [0.5, 0.6) is 0 Å². The van der Waals surface area contributed by atoms with E-state index in [1.165, 1.54) is 17.4 Å². The van der Waals surface area contributed by atoms with Gasteiger partial charge in [0.25, 0.3) is 0 Å². The van der Waals surface area contributed by atoms with Gasteiger partial charge in [-0.05, 0) is 50.1 Å². The fourth-order valence-corrected chi connectivity index (χ4v) is 3.44. The molecule has 4 nitrogen and oxygen atoms in total. The topological polar surface area (TPSA) is 57.6 Å². The SMILES string of the molecule is CCN(CC(O)c1ccc(S(C)(=O)=O)cc1)c1ccc(C)cc1C. The van der Waals surface area contributed by atoms with E-state index in [2.05, 4.69) is 43.9 Å². The maximum absolute atomic E-state index is 11.5. The maximum atomic E-state index is 11.5. The third-order valence-electron chi connectivity index (χ3n) is 4.16. The Bertz CT molecular complexity index is 798. The second kappa shape index (κ2) is 7.36. The molecule has 5 heteroatoms. The van der Waals surface area contributed by atoms with E-state index in [0.29, 0.717) is 12.1 Å². The highest BCUT2D eigenvalue weighted by molar-refractivity contribution is 7.90. The molecule has 0 radical (unpaired) electrons. The van der Waals surface area contributed by atoms with Gasteiger partial charge < -0.3 is 10.0 Å².